The smallest absolute Gasteiger partial charge is 0.0805 e. The van der Waals surface area contributed by atoms with Crippen molar-refractivity contribution in [1.29, 1.82) is 0 Å². The van der Waals surface area contributed by atoms with Crippen LogP contribution in [-0.4, -0.2) is 30.8 Å². The highest BCUT2D eigenvalue weighted by atomic mass is 16.3. The number of hydrogen-bond donors (Lipinski definition) is 0. The largest absolute Gasteiger partial charge is 0.806 e. The summed E-state index contributed by atoms with van der Waals surface area (Å²) in [6.07, 6.45) is 3.51. The van der Waals surface area contributed by atoms with Crippen LogP contribution in [0.3, 0.4) is 0 Å². The molecule has 0 aromatic heterocycles. The summed E-state index contributed by atoms with van der Waals surface area (Å²) in [6.45, 7) is 4.57. The average molecular weight is 181 g/mol. The van der Waals surface area contributed by atoms with E-state index >= 15 is 0 Å². The molecule has 1 aliphatic carbocycles. The monoisotopic (exact) mass is 181 g/mol. The maximum atomic E-state index is 12.3. The molecule has 3 saturated heterocycles. The van der Waals surface area contributed by atoms with Crippen LogP contribution >= 0.6 is 0 Å². The van der Waals surface area contributed by atoms with Crippen molar-refractivity contribution in [3.05, 3.63) is 0 Å². The molecule has 13 heavy (non-hydrogen) atoms. The van der Waals surface area contributed by atoms with Crippen LogP contribution in [0.2, 0.25) is 0 Å². The second-order valence-electron chi connectivity index (χ2n) is 6.23. The van der Waals surface area contributed by atoms with Crippen molar-refractivity contribution in [1.82, 2.24) is 0 Å². The molecule has 0 N–H and O–H groups in total. The first-order valence-electron chi connectivity index (χ1n) is 5.52. The van der Waals surface area contributed by atoms with Crippen molar-refractivity contribution < 1.29 is 9.59 Å². The molecule has 4 rings (SSSR count). The Labute approximate surface area is 80.1 Å². The van der Waals surface area contributed by atoms with Crippen molar-refractivity contribution >= 4 is 0 Å². The number of piperidine rings is 3. The molecule has 74 valence electrons. The molecule has 4 bridgehead atoms. The minimum atomic E-state index is -0.333. The van der Waals surface area contributed by atoms with Crippen molar-refractivity contribution in [3.63, 3.8) is 0 Å². The summed E-state index contributed by atoms with van der Waals surface area (Å²) in [5.74, 6) is 1.74. The molecule has 0 amide bonds. The maximum Gasteiger partial charge on any atom is 0.0805 e. The lowest BCUT2D eigenvalue weighted by molar-refractivity contribution is -1.03. The van der Waals surface area contributed by atoms with Gasteiger partial charge in [-0.3, -0.25) is 0 Å². The lowest BCUT2D eigenvalue weighted by Crippen LogP contribution is -2.76. The molecular formula is C11H19NO. The molecular weight excluding hydrogens is 162 g/mol. The topological polar surface area (TPSA) is 23.1 Å². The van der Waals surface area contributed by atoms with E-state index < -0.39 is 0 Å². The Morgan fingerprint density at radius 1 is 1.23 bits per heavy atom. The van der Waals surface area contributed by atoms with Crippen LogP contribution in [0.15, 0.2) is 0 Å². The van der Waals surface area contributed by atoms with Crippen LogP contribution in [-0.2, 0) is 0 Å². The fourth-order valence-corrected chi connectivity index (χ4v) is 4.72. The summed E-state index contributed by atoms with van der Waals surface area (Å²) in [4.78, 5) is 0. The van der Waals surface area contributed by atoms with Gasteiger partial charge in [-0.25, -0.2) is 0 Å². The second-order valence-corrected chi connectivity index (χ2v) is 6.23. The molecule has 5 atom stereocenters. The average Bonchev–Trinajstić information content (AvgIpc) is 1.97. The zero-order valence-electron chi connectivity index (χ0n) is 8.62. The SMILES string of the molecule is CC12C[C@H]3C[C@@H](C1)C[N+](C)(C3)C2[O-]. The number of nitrogens with zero attached hydrogens (tertiary/aromatic N) is 1. The normalized spacial score (nSPS) is 64.4. The zero-order chi connectivity index (χ0) is 9.27. The Kier molecular flexibility index (Phi) is 1.34. The Balaban J connectivity index is 2.03. The van der Waals surface area contributed by atoms with Crippen LogP contribution in [0.5, 0.6) is 0 Å². The van der Waals surface area contributed by atoms with Gasteiger partial charge in [-0.1, -0.05) is 6.92 Å². The van der Waals surface area contributed by atoms with Gasteiger partial charge in [0, 0.05) is 23.5 Å². The molecule has 0 radical (unpaired) electrons. The minimum Gasteiger partial charge on any atom is -0.806 e. The Bertz CT molecular complexity index is 214. The summed E-state index contributed by atoms with van der Waals surface area (Å²) < 4.78 is 0.839. The van der Waals surface area contributed by atoms with Gasteiger partial charge in [-0.05, 0) is 19.3 Å². The third-order valence-electron chi connectivity index (χ3n) is 4.69. The highest BCUT2D eigenvalue weighted by molar-refractivity contribution is 4.95. The number of rotatable bonds is 0. The predicted molar refractivity (Wildman–Crippen MR) is 48.6 cm³/mol. The van der Waals surface area contributed by atoms with E-state index in [1.54, 1.807) is 0 Å². The van der Waals surface area contributed by atoms with Crippen LogP contribution in [0.4, 0.5) is 0 Å². The molecule has 0 aromatic carbocycles. The number of quaternary nitrogens is 1. The summed E-state index contributed by atoms with van der Waals surface area (Å²) in [5, 5.41) is 12.3. The Morgan fingerprint density at radius 2 is 1.77 bits per heavy atom. The van der Waals surface area contributed by atoms with Crippen molar-refractivity contribution in [2.45, 2.75) is 32.4 Å². The van der Waals surface area contributed by atoms with E-state index in [9.17, 15) is 5.11 Å². The van der Waals surface area contributed by atoms with E-state index in [0.29, 0.717) is 0 Å². The summed E-state index contributed by atoms with van der Waals surface area (Å²) in [6, 6.07) is 0. The van der Waals surface area contributed by atoms with Crippen LogP contribution in [0.25, 0.3) is 0 Å². The Hall–Kier alpha value is -0.0800. The number of hydrogen-bond acceptors (Lipinski definition) is 1. The van der Waals surface area contributed by atoms with Gasteiger partial charge in [0.1, 0.15) is 0 Å². The van der Waals surface area contributed by atoms with Crippen molar-refractivity contribution in [2.24, 2.45) is 17.3 Å². The first-order chi connectivity index (χ1) is 6.02. The molecule has 2 nitrogen and oxygen atoms in total. The standard InChI is InChI=1S/C11H19NO/c1-11-4-8-3-9(5-11)7-12(2,6-8)10(11)13/h8-10H,3-7H2,1-2H3/t8-,9+,10?,11?,12?. The first-order valence-corrected chi connectivity index (χ1v) is 5.52. The third kappa shape index (κ3) is 0.909. The molecule has 4 aliphatic rings. The van der Waals surface area contributed by atoms with Crippen LogP contribution < -0.4 is 5.11 Å². The fourth-order valence-electron chi connectivity index (χ4n) is 4.72. The molecule has 0 spiro atoms. The van der Waals surface area contributed by atoms with Gasteiger partial charge in [0.2, 0.25) is 0 Å². The first kappa shape index (κ1) is 8.25. The quantitative estimate of drug-likeness (QED) is 0.501. The van der Waals surface area contributed by atoms with E-state index in [0.717, 1.165) is 16.3 Å². The third-order valence-corrected chi connectivity index (χ3v) is 4.69. The van der Waals surface area contributed by atoms with E-state index in [2.05, 4.69) is 14.0 Å². The lowest BCUT2D eigenvalue weighted by atomic mass is 9.58. The van der Waals surface area contributed by atoms with Crippen LogP contribution in [0, 0.1) is 17.3 Å². The molecule has 0 aromatic rings. The van der Waals surface area contributed by atoms with E-state index in [4.69, 9.17) is 0 Å². The zero-order valence-corrected chi connectivity index (χ0v) is 8.62. The molecule has 3 aliphatic heterocycles. The summed E-state index contributed by atoms with van der Waals surface area (Å²) in [7, 11) is 2.19. The van der Waals surface area contributed by atoms with Crippen molar-refractivity contribution in [2.75, 3.05) is 20.1 Å². The van der Waals surface area contributed by atoms with Gasteiger partial charge in [0.15, 0.2) is 0 Å². The van der Waals surface area contributed by atoms with E-state index in [-0.39, 0.29) is 11.6 Å². The van der Waals surface area contributed by atoms with Gasteiger partial charge in [-0.15, -0.1) is 0 Å². The lowest BCUT2D eigenvalue weighted by Gasteiger charge is -2.68. The molecule has 1 saturated carbocycles. The van der Waals surface area contributed by atoms with E-state index in [1.165, 1.54) is 32.4 Å². The molecule has 2 heteroatoms. The maximum absolute atomic E-state index is 12.3. The molecule has 3 unspecified atom stereocenters. The van der Waals surface area contributed by atoms with Gasteiger partial charge in [0.05, 0.1) is 20.1 Å². The van der Waals surface area contributed by atoms with Gasteiger partial charge in [0.25, 0.3) is 0 Å². The highest BCUT2D eigenvalue weighted by Gasteiger charge is 2.56. The highest BCUT2D eigenvalue weighted by Crippen LogP contribution is 2.54. The van der Waals surface area contributed by atoms with Gasteiger partial charge < -0.3 is 9.59 Å². The van der Waals surface area contributed by atoms with Crippen molar-refractivity contribution in [3.8, 4) is 0 Å². The minimum absolute atomic E-state index is 0.138. The molecule has 3 heterocycles. The summed E-state index contributed by atoms with van der Waals surface area (Å²) >= 11 is 0. The fraction of sp³-hybridized carbons (Fsp3) is 1.00. The predicted octanol–water partition coefficient (Wildman–Crippen LogP) is 0.569. The Morgan fingerprint density at radius 3 is 2.23 bits per heavy atom. The van der Waals surface area contributed by atoms with E-state index in [1.807, 2.05) is 0 Å². The van der Waals surface area contributed by atoms with Gasteiger partial charge >= 0.3 is 0 Å². The van der Waals surface area contributed by atoms with Crippen LogP contribution in [0.1, 0.15) is 26.2 Å². The van der Waals surface area contributed by atoms with Gasteiger partial charge in [-0.2, -0.15) is 0 Å². The summed E-state index contributed by atoms with van der Waals surface area (Å²) in [5.41, 5.74) is 0.138. The molecule has 4 fully saturated rings. The second kappa shape index (κ2) is 2.12.